The molecule has 3 heterocycles. The molecule has 32 heavy (non-hydrogen) atoms. The van der Waals surface area contributed by atoms with Crippen molar-refractivity contribution in [3.63, 3.8) is 0 Å². The van der Waals surface area contributed by atoms with Gasteiger partial charge in [-0.05, 0) is 43.7 Å². The maximum absolute atomic E-state index is 13.0. The zero-order chi connectivity index (χ0) is 22.1. The molecule has 6 nitrogen and oxygen atoms in total. The first-order valence-electron chi connectivity index (χ1n) is 11.7. The van der Waals surface area contributed by atoms with Crippen LogP contribution in [0.25, 0.3) is 17.3 Å². The molecule has 6 heteroatoms. The molecule has 3 aliphatic rings. The lowest BCUT2D eigenvalue weighted by Gasteiger charge is -2.38. The fourth-order valence-electron chi connectivity index (χ4n) is 4.92. The van der Waals surface area contributed by atoms with Crippen molar-refractivity contribution in [1.29, 1.82) is 0 Å². The molecule has 1 aliphatic carbocycles. The number of fused-ring (bicyclic) bond motifs is 1. The fraction of sp³-hybridized carbons (Fsp3) is 0.462. The van der Waals surface area contributed by atoms with Gasteiger partial charge in [-0.3, -0.25) is 14.7 Å². The number of carbonyl (C=O) groups is 1. The van der Waals surface area contributed by atoms with Crippen LogP contribution in [0.5, 0.6) is 0 Å². The number of aromatic nitrogens is 1. The SMILES string of the molecule is CC(C)N1CCN(c2ccc(-c3nccc4c3C=C(C(=O)N3CCOCC3)C4)cc2)CC1. The maximum atomic E-state index is 13.0. The molecule has 0 saturated carbocycles. The third-order valence-electron chi connectivity index (χ3n) is 6.90. The van der Waals surface area contributed by atoms with Crippen LogP contribution in [-0.4, -0.2) is 79.2 Å². The van der Waals surface area contributed by atoms with Crippen molar-refractivity contribution in [1.82, 2.24) is 14.8 Å². The second-order valence-corrected chi connectivity index (χ2v) is 9.15. The van der Waals surface area contributed by atoms with Gasteiger partial charge in [0.05, 0.1) is 18.9 Å². The van der Waals surface area contributed by atoms with Gasteiger partial charge in [-0.2, -0.15) is 0 Å². The van der Waals surface area contributed by atoms with E-state index in [1.165, 1.54) is 11.3 Å². The third kappa shape index (κ3) is 4.17. The lowest BCUT2D eigenvalue weighted by Crippen LogP contribution is -2.48. The molecular formula is C26H32N4O2. The first kappa shape index (κ1) is 21.2. The van der Waals surface area contributed by atoms with E-state index in [9.17, 15) is 4.79 Å². The molecular weight excluding hydrogens is 400 g/mol. The van der Waals surface area contributed by atoms with Crippen molar-refractivity contribution >= 4 is 17.7 Å². The molecule has 2 fully saturated rings. The van der Waals surface area contributed by atoms with E-state index in [0.29, 0.717) is 38.8 Å². The molecule has 0 radical (unpaired) electrons. The number of rotatable bonds is 4. The van der Waals surface area contributed by atoms with Crippen LogP contribution < -0.4 is 4.90 Å². The molecule has 0 bridgehead atoms. The van der Waals surface area contributed by atoms with Gasteiger partial charge in [0.25, 0.3) is 0 Å². The Bertz CT molecular complexity index is 1000. The number of hydrogen-bond acceptors (Lipinski definition) is 5. The summed E-state index contributed by atoms with van der Waals surface area (Å²) in [7, 11) is 0. The zero-order valence-electron chi connectivity index (χ0n) is 19.1. The van der Waals surface area contributed by atoms with Crippen molar-refractivity contribution in [2.45, 2.75) is 26.3 Å². The van der Waals surface area contributed by atoms with Gasteiger partial charge in [-0.25, -0.2) is 0 Å². The Morgan fingerprint density at radius 3 is 2.38 bits per heavy atom. The van der Waals surface area contributed by atoms with E-state index in [4.69, 9.17) is 4.74 Å². The van der Waals surface area contributed by atoms with E-state index in [-0.39, 0.29) is 5.91 Å². The van der Waals surface area contributed by atoms with E-state index < -0.39 is 0 Å². The number of ether oxygens (including phenoxy) is 1. The van der Waals surface area contributed by atoms with Crippen LogP contribution in [-0.2, 0) is 16.0 Å². The van der Waals surface area contributed by atoms with Gasteiger partial charge < -0.3 is 14.5 Å². The minimum absolute atomic E-state index is 0.131. The summed E-state index contributed by atoms with van der Waals surface area (Å²) in [4.78, 5) is 24.6. The highest BCUT2D eigenvalue weighted by Crippen LogP contribution is 2.34. The number of carbonyl (C=O) groups excluding carboxylic acids is 1. The Balaban J connectivity index is 1.33. The Labute approximate surface area is 190 Å². The molecule has 0 atom stereocenters. The van der Waals surface area contributed by atoms with Crippen molar-refractivity contribution < 1.29 is 9.53 Å². The molecule has 0 N–H and O–H groups in total. The van der Waals surface area contributed by atoms with E-state index in [1.807, 2.05) is 17.2 Å². The molecule has 1 aromatic heterocycles. The van der Waals surface area contributed by atoms with Crippen LogP contribution in [0.4, 0.5) is 5.69 Å². The van der Waals surface area contributed by atoms with Gasteiger partial charge in [-0.1, -0.05) is 12.1 Å². The Morgan fingerprint density at radius 2 is 1.69 bits per heavy atom. The summed E-state index contributed by atoms with van der Waals surface area (Å²) < 4.78 is 5.39. The van der Waals surface area contributed by atoms with E-state index in [1.54, 1.807) is 0 Å². The minimum Gasteiger partial charge on any atom is -0.378 e. The van der Waals surface area contributed by atoms with Crippen molar-refractivity contribution in [3.05, 3.63) is 53.2 Å². The van der Waals surface area contributed by atoms with Gasteiger partial charge in [0.2, 0.25) is 5.91 Å². The topological polar surface area (TPSA) is 48.9 Å². The number of morpholine rings is 1. The van der Waals surface area contributed by atoms with Crippen LogP contribution in [0, 0.1) is 0 Å². The van der Waals surface area contributed by atoms with Gasteiger partial charge >= 0.3 is 0 Å². The number of nitrogens with zero attached hydrogens (tertiary/aromatic N) is 4. The van der Waals surface area contributed by atoms with Crippen molar-refractivity contribution in [3.8, 4) is 11.3 Å². The van der Waals surface area contributed by atoms with Gasteiger partial charge in [0, 0.05) is 80.3 Å². The van der Waals surface area contributed by atoms with Gasteiger partial charge in [-0.15, -0.1) is 0 Å². The summed E-state index contributed by atoms with van der Waals surface area (Å²) in [5.74, 6) is 0.131. The number of amides is 1. The Morgan fingerprint density at radius 1 is 0.969 bits per heavy atom. The first-order chi connectivity index (χ1) is 15.6. The molecule has 2 aliphatic heterocycles. The van der Waals surface area contributed by atoms with E-state index in [2.05, 4.69) is 59.0 Å². The first-order valence-corrected chi connectivity index (χ1v) is 11.7. The highest BCUT2D eigenvalue weighted by atomic mass is 16.5. The summed E-state index contributed by atoms with van der Waals surface area (Å²) in [5, 5.41) is 0. The van der Waals surface area contributed by atoms with Crippen LogP contribution in [0.2, 0.25) is 0 Å². The number of anilines is 1. The molecule has 2 aromatic rings. The van der Waals surface area contributed by atoms with Crippen molar-refractivity contribution in [2.24, 2.45) is 0 Å². The molecule has 168 valence electrons. The predicted molar refractivity (Wildman–Crippen MR) is 128 cm³/mol. The predicted octanol–water partition coefficient (Wildman–Crippen LogP) is 3.08. The fourth-order valence-corrected chi connectivity index (χ4v) is 4.92. The average Bonchev–Trinajstić information content (AvgIpc) is 3.29. The maximum Gasteiger partial charge on any atom is 0.250 e. The third-order valence-corrected chi connectivity index (χ3v) is 6.90. The van der Waals surface area contributed by atoms with Gasteiger partial charge in [0.15, 0.2) is 0 Å². The molecule has 1 aromatic carbocycles. The van der Waals surface area contributed by atoms with Crippen LogP contribution in [0.3, 0.4) is 0 Å². The number of benzene rings is 1. The van der Waals surface area contributed by atoms with E-state index >= 15 is 0 Å². The molecule has 0 unspecified atom stereocenters. The molecule has 2 saturated heterocycles. The monoisotopic (exact) mass is 432 g/mol. The minimum atomic E-state index is 0.131. The normalized spacial score (nSPS) is 19.3. The molecule has 5 rings (SSSR count). The molecule has 0 spiro atoms. The van der Waals surface area contributed by atoms with Crippen LogP contribution in [0.1, 0.15) is 25.0 Å². The largest absolute Gasteiger partial charge is 0.378 e. The van der Waals surface area contributed by atoms with E-state index in [0.717, 1.165) is 48.6 Å². The number of piperazine rings is 1. The smallest absolute Gasteiger partial charge is 0.250 e. The summed E-state index contributed by atoms with van der Waals surface area (Å²) in [6.07, 6.45) is 4.59. The van der Waals surface area contributed by atoms with Crippen LogP contribution >= 0.6 is 0 Å². The number of pyridine rings is 1. The lowest BCUT2D eigenvalue weighted by atomic mass is 10.0. The van der Waals surface area contributed by atoms with Crippen LogP contribution in [0.15, 0.2) is 42.1 Å². The Kier molecular flexibility index (Phi) is 5.98. The summed E-state index contributed by atoms with van der Waals surface area (Å²) in [6.45, 7) is 11.5. The second-order valence-electron chi connectivity index (χ2n) is 9.15. The zero-order valence-corrected chi connectivity index (χ0v) is 19.1. The summed E-state index contributed by atoms with van der Waals surface area (Å²) in [6, 6.07) is 11.4. The standard InChI is InChI=1S/C26H32N4O2/c1-19(2)28-9-11-29(12-10-28)23-5-3-20(4-6-23)25-24-18-22(17-21(24)7-8-27-25)26(31)30-13-15-32-16-14-30/h3-8,18-19H,9-17H2,1-2H3. The quantitative estimate of drug-likeness (QED) is 0.743. The molecule has 1 amide bonds. The highest BCUT2D eigenvalue weighted by molar-refractivity contribution is 6.01. The second kappa shape index (κ2) is 9.04. The lowest BCUT2D eigenvalue weighted by molar-refractivity contribution is -0.131. The summed E-state index contributed by atoms with van der Waals surface area (Å²) >= 11 is 0. The highest BCUT2D eigenvalue weighted by Gasteiger charge is 2.26. The average molecular weight is 433 g/mol. The van der Waals surface area contributed by atoms with Crippen molar-refractivity contribution in [2.75, 3.05) is 57.4 Å². The number of hydrogen-bond donors (Lipinski definition) is 0. The summed E-state index contributed by atoms with van der Waals surface area (Å²) in [5.41, 5.74) is 6.45. The Hall–Kier alpha value is -2.70. The van der Waals surface area contributed by atoms with Gasteiger partial charge in [0.1, 0.15) is 0 Å².